The SMILES string of the molecule is NC(=O)Cc1cnc(N2CCC2)s1. The van der Waals surface area contributed by atoms with Crippen LogP contribution in [0.4, 0.5) is 5.13 Å². The van der Waals surface area contributed by atoms with E-state index in [1.165, 1.54) is 6.42 Å². The van der Waals surface area contributed by atoms with E-state index < -0.39 is 0 Å². The van der Waals surface area contributed by atoms with Crippen molar-refractivity contribution in [3.8, 4) is 0 Å². The van der Waals surface area contributed by atoms with Crippen LogP contribution in [-0.4, -0.2) is 24.0 Å². The van der Waals surface area contributed by atoms with Gasteiger partial charge in [0.05, 0.1) is 6.42 Å². The lowest BCUT2D eigenvalue weighted by Gasteiger charge is -2.30. The van der Waals surface area contributed by atoms with Crippen molar-refractivity contribution in [1.82, 2.24) is 4.98 Å². The Labute approximate surface area is 80.4 Å². The van der Waals surface area contributed by atoms with Gasteiger partial charge in [-0.2, -0.15) is 0 Å². The van der Waals surface area contributed by atoms with Crippen LogP contribution >= 0.6 is 11.3 Å². The van der Waals surface area contributed by atoms with Gasteiger partial charge in [-0.1, -0.05) is 0 Å². The van der Waals surface area contributed by atoms with Crippen LogP contribution in [0.2, 0.25) is 0 Å². The molecule has 1 aliphatic rings. The molecule has 1 aliphatic heterocycles. The van der Waals surface area contributed by atoms with Gasteiger partial charge in [-0.3, -0.25) is 4.79 Å². The summed E-state index contributed by atoms with van der Waals surface area (Å²) in [4.78, 5) is 18.0. The first-order valence-corrected chi connectivity index (χ1v) is 5.05. The van der Waals surface area contributed by atoms with Crippen LogP contribution in [0, 0.1) is 0 Å². The van der Waals surface area contributed by atoms with Crippen molar-refractivity contribution < 1.29 is 4.79 Å². The normalized spacial score (nSPS) is 15.5. The van der Waals surface area contributed by atoms with Crippen molar-refractivity contribution in [3.05, 3.63) is 11.1 Å². The number of rotatable bonds is 3. The van der Waals surface area contributed by atoms with Crippen LogP contribution in [0.3, 0.4) is 0 Å². The summed E-state index contributed by atoms with van der Waals surface area (Å²) in [5.41, 5.74) is 5.08. The summed E-state index contributed by atoms with van der Waals surface area (Å²) < 4.78 is 0. The number of primary amides is 1. The van der Waals surface area contributed by atoms with E-state index in [4.69, 9.17) is 5.73 Å². The molecule has 70 valence electrons. The Bertz CT molecular complexity index is 319. The molecule has 0 bridgehead atoms. The molecule has 4 nitrogen and oxygen atoms in total. The number of amides is 1. The van der Waals surface area contributed by atoms with Gasteiger partial charge in [-0.25, -0.2) is 4.98 Å². The quantitative estimate of drug-likeness (QED) is 0.762. The monoisotopic (exact) mass is 197 g/mol. The summed E-state index contributed by atoms with van der Waals surface area (Å²) in [7, 11) is 0. The topological polar surface area (TPSA) is 59.2 Å². The van der Waals surface area contributed by atoms with E-state index in [1.54, 1.807) is 17.5 Å². The molecular formula is C8H11N3OS. The van der Waals surface area contributed by atoms with Crippen LogP contribution in [0.15, 0.2) is 6.20 Å². The Balaban J connectivity index is 2.04. The predicted molar refractivity (Wildman–Crippen MR) is 51.8 cm³/mol. The van der Waals surface area contributed by atoms with Gasteiger partial charge in [0.15, 0.2) is 5.13 Å². The van der Waals surface area contributed by atoms with E-state index in [-0.39, 0.29) is 5.91 Å². The van der Waals surface area contributed by atoms with E-state index in [9.17, 15) is 4.79 Å². The smallest absolute Gasteiger partial charge is 0.222 e. The number of hydrogen-bond donors (Lipinski definition) is 1. The maximum Gasteiger partial charge on any atom is 0.222 e. The number of nitrogens with zero attached hydrogens (tertiary/aromatic N) is 2. The predicted octanol–water partition coefficient (Wildman–Crippen LogP) is 0.381. The van der Waals surface area contributed by atoms with Crippen molar-refractivity contribution in [2.75, 3.05) is 18.0 Å². The summed E-state index contributed by atoms with van der Waals surface area (Å²) in [5.74, 6) is -0.293. The zero-order chi connectivity index (χ0) is 9.26. The van der Waals surface area contributed by atoms with Crippen molar-refractivity contribution in [3.63, 3.8) is 0 Å². The molecular weight excluding hydrogens is 186 g/mol. The number of anilines is 1. The molecule has 0 aliphatic carbocycles. The standard InChI is InChI=1S/C8H11N3OS/c9-7(12)4-6-5-10-8(13-6)11-2-1-3-11/h5H,1-4H2,(H2,9,12). The first-order valence-electron chi connectivity index (χ1n) is 4.23. The number of aromatic nitrogens is 1. The van der Waals surface area contributed by atoms with Crippen LogP contribution in [0.5, 0.6) is 0 Å². The molecule has 2 N–H and O–H groups in total. The maximum atomic E-state index is 10.6. The Morgan fingerprint density at radius 2 is 2.46 bits per heavy atom. The lowest BCUT2D eigenvalue weighted by molar-refractivity contribution is -0.117. The Morgan fingerprint density at radius 3 is 3.00 bits per heavy atom. The fourth-order valence-electron chi connectivity index (χ4n) is 1.20. The molecule has 1 aromatic rings. The zero-order valence-corrected chi connectivity index (χ0v) is 8.01. The average Bonchev–Trinajstić information content (AvgIpc) is 2.31. The number of nitrogens with two attached hydrogens (primary N) is 1. The van der Waals surface area contributed by atoms with Crippen molar-refractivity contribution >= 4 is 22.4 Å². The minimum atomic E-state index is -0.293. The summed E-state index contributed by atoms with van der Waals surface area (Å²) in [5, 5.41) is 1.02. The van der Waals surface area contributed by atoms with Gasteiger partial charge in [0.25, 0.3) is 0 Å². The summed E-state index contributed by atoms with van der Waals surface area (Å²) in [6.45, 7) is 2.17. The largest absolute Gasteiger partial charge is 0.369 e. The number of hydrogen-bond acceptors (Lipinski definition) is 4. The molecule has 1 amide bonds. The highest BCUT2D eigenvalue weighted by molar-refractivity contribution is 7.15. The van der Waals surface area contributed by atoms with Crippen LogP contribution < -0.4 is 10.6 Å². The van der Waals surface area contributed by atoms with Gasteiger partial charge in [-0.15, -0.1) is 11.3 Å². The third kappa shape index (κ3) is 1.80. The Kier molecular flexibility index (Phi) is 2.18. The van der Waals surface area contributed by atoms with Gasteiger partial charge in [0.2, 0.25) is 5.91 Å². The molecule has 0 aromatic carbocycles. The molecule has 2 heterocycles. The number of carbonyl (C=O) groups is 1. The van der Waals surface area contributed by atoms with Gasteiger partial charge in [-0.05, 0) is 6.42 Å². The molecule has 1 aromatic heterocycles. The van der Waals surface area contributed by atoms with Gasteiger partial charge in [0.1, 0.15) is 0 Å². The molecule has 0 atom stereocenters. The van der Waals surface area contributed by atoms with Crippen molar-refractivity contribution in [2.24, 2.45) is 5.73 Å². The highest BCUT2D eigenvalue weighted by Gasteiger charge is 2.17. The molecule has 0 radical (unpaired) electrons. The van der Waals surface area contributed by atoms with E-state index in [0.29, 0.717) is 6.42 Å². The fourth-order valence-corrected chi connectivity index (χ4v) is 2.18. The van der Waals surface area contributed by atoms with E-state index >= 15 is 0 Å². The molecule has 0 spiro atoms. The minimum Gasteiger partial charge on any atom is -0.369 e. The van der Waals surface area contributed by atoms with Crippen LogP contribution in [0.25, 0.3) is 0 Å². The third-order valence-corrected chi connectivity index (χ3v) is 3.07. The van der Waals surface area contributed by atoms with Gasteiger partial charge in [0, 0.05) is 24.2 Å². The lowest BCUT2D eigenvalue weighted by Crippen LogP contribution is -2.36. The highest BCUT2D eigenvalue weighted by Crippen LogP contribution is 2.26. The maximum absolute atomic E-state index is 10.6. The summed E-state index contributed by atoms with van der Waals surface area (Å²) in [6.07, 6.45) is 3.29. The zero-order valence-electron chi connectivity index (χ0n) is 7.19. The van der Waals surface area contributed by atoms with E-state index in [2.05, 4.69) is 9.88 Å². The van der Waals surface area contributed by atoms with Crippen LogP contribution in [-0.2, 0) is 11.2 Å². The first-order chi connectivity index (χ1) is 6.25. The number of carbonyl (C=O) groups excluding carboxylic acids is 1. The van der Waals surface area contributed by atoms with Crippen molar-refractivity contribution in [1.29, 1.82) is 0 Å². The Hall–Kier alpha value is -1.10. The second kappa shape index (κ2) is 3.33. The second-order valence-electron chi connectivity index (χ2n) is 3.09. The van der Waals surface area contributed by atoms with E-state index in [1.807, 2.05) is 0 Å². The average molecular weight is 197 g/mol. The molecule has 13 heavy (non-hydrogen) atoms. The van der Waals surface area contributed by atoms with E-state index in [0.717, 1.165) is 23.1 Å². The third-order valence-electron chi connectivity index (χ3n) is 2.02. The molecule has 0 saturated carbocycles. The molecule has 5 heteroatoms. The minimum absolute atomic E-state index is 0.293. The highest BCUT2D eigenvalue weighted by atomic mass is 32.1. The molecule has 1 fully saturated rings. The summed E-state index contributed by atoms with van der Waals surface area (Å²) in [6, 6.07) is 0. The first kappa shape index (κ1) is 8.50. The second-order valence-corrected chi connectivity index (χ2v) is 4.19. The molecule has 1 saturated heterocycles. The summed E-state index contributed by atoms with van der Waals surface area (Å²) >= 11 is 1.56. The van der Waals surface area contributed by atoms with Crippen molar-refractivity contribution in [2.45, 2.75) is 12.8 Å². The van der Waals surface area contributed by atoms with Gasteiger partial charge < -0.3 is 10.6 Å². The fraction of sp³-hybridized carbons (Fsp3) is 0.500. The van der Waals surface area contributed by atoms with Gasteiger partial charge >= 0.3 is 0 Å². The Morgan fingerprint density at radius 1 is 1.69 bits per heavy atom. The number of thiazole rings is 1. The molecule has 2 rings (SSSR count). The molecule has 0 unspecified atom stereocenters. The lowest BCUT2D eigenvalue weighted by atomic mass is 10.2. The van der Waals surface area contributed by atoms with Crippen LogP contribution in [0.1, 0.15) is 11.3 Å².